The van der Waals surface area contributed by atoms with Crippen molar-refractivity contribution in [2.24, 2.45) is 0 Å². The molecule has 3 rings (SSSR count). The van der Waals surface area contributed by atoms with Crippen LogP contribution in [0.15, 0.2) is 71.1 Å². The Kier molecular flexibility index (Phi) is 8.43. The number of carbonyl (C=O) groups is 1. The minimum atomic E-state index is -3.77. The zero-order valence-electron chi connectivity index (χ0n) is 18.2. The summed E-state index contributed by atoms with van der Waals surface area (Å²) < 4.78 is 27.8. The summed E-state index contributed by atoms with van der Waals surface area (Å²) in [6.45, 7) is 2.53. The van der Waals surface area contributed by atoms with Crippen molar-refractivity contribution in [1.29, 1.82) is 0 Å². The molecule has 31 heavy (non-hydrogen) atoms. The van der Waals surface area contributed by atoms with Gasteiger partial charge >= 0.3 is 0 Å². The summed E-state index contributed by atoms with van der Waals surface area (Å²) in [4.78, 5) is 12.8. The van der Waals surface area contributed by atoms with Crippen LogP contribution in [-0.2, 0) is 21.2 Å². The van der Waals surface area contributed by atoms with Gasteiger partial charge < -0.3 is 5.32 Å². The van der Waals surface area contributed by atoms with Gasteiger partial charge in [0.25, 0.3) is 0 Å². The topological polar surface area (TPSA) is 66.5 Å². The van der Waals surface area contributed by atoms with Crippen molar-refractivity contribution in [2.75, 3.05) is 19.6 Å². The number of carbonyl (C=O) groups excluding carboxylic acids is 1. The zero-order chi connectivity index (χ0) is 22.1. The highest BCUT2D eigenvalue weighted by Gasteiger charge is 2.26. The van der Waals surface area contributed by atoms with Gasteiger partial charge in [-0.05, 0) is 63.1 Å². The van der Waals surface area contributed by atoms with Gasteiger partial charge in [0, 0.05) is 13.1 Å². The van der Waals surface area contributed by atoms with E-state index in [9.17, 15) is 13.2 Å². The Bertz CT molecular complexity index is 983. The van der Waals surface area contributed by atoms with E-state index in [1.165, 1.54) is 22.7 Å². The number of nitrogens with one attached hydrogen (secondary N) is 1. The van der Waals surface area contributed by atoms with Crippen LogP contribution in [0.4, 0.5) is 0 Å². The molecule has 5 nitrogen and oxygen atoms in total. The van der Waals surface area contributed by atoms with Crippen LogP contribution in [0.3, 0.4) is 0 Å². The first-order valence-electron chi connectivity index (χ1n) is 11.0. The molecule has 0 aliphatic heterocycles. The first-order chi connectivity index (χ1) is 14.9. The third-order valence-corrected chi connectivity index (χ3v) is 7.48. The molecule has 1 N–H and O–H groups in total. The predicted molar refractivity (Wildman–Crippen MR) is 124 cm³/mol. The van der Waals surface area contributed by atoms with Gasteiger partial charge in [-0.15, -0.1) is 0 Å². The molecular formula is C25H32N2O3S. The van der Waals surface area contributed by atoms with E-state index in [1.807, 2.05) is 37.3 Å². The Labute approximate surface area is 186 Å². The molecule has 0 radical (unpaired) electrons. The van der Waals surface area contributed by atoms with Crippen LogP contribution in [0.2, 0.25) is 0 Å². The molecule has 1 aliphatic carbocycles. The first-order valence-corrected chi connectivity index (χ1v) is 12.4. The van der Waals surface area contributed by atoms with Gasteiger partial charge in [-0.25, -0.2) is 8.42 Å². The van der Waals surface area contributed by atoms with E-state index in [2.05, 4.69) is 11.4 Å². The molecule has 0 bridgehead atoms. The number of hydrogen-bond acceptors (Lipinski definition) is 3. The third-order valence-electron chi connectivity index (χ3n) is 5.62. The summed E-state index contributed by atoms with van der Waals surface area (Å²) in [6, 6.07) is 16.5. The molecule has 1 aliphatic rings. The maximum Gasteiger partial charge on any atom is 0.243 e. The Balaban J connectivity index is 1.66. The maximum absolute atomic E-state index is 13.3. The van der Waals surface area contributed by atoms with Crippen molar-refractivity contribution in [3.05, 3.63) is 77.4 Å². The van der Waals surface area contributed by atoms with E-state index in [0.29, 0.717) is 13.0 Å². The number of allylic oxidation sites excluding steroid dienone is 1. The molecular weight excluding hydrogens is 408 g/mol. The summed E-state index contributed by atoms with van der Waals surface area (Å²) in [5, 5.41) is 2.91. The predicted octanol–water partition coefficient (Wildman–Crippen LogP) is 4.24. The van der Waals surface area contributed by atoms with Crippen LogP contribution in [-0.4, -0.2) is 38.3 Å². The number of sulfonamides is 1. The molecule has 0 atom stereocenters. The number of hydrogen-bond donors (Lipinski definition) is 1. The van der Waals surface area contributed by atoms with Crippen LogP contribution < -0.4 is 5.32 Å². The van der Waals surface area contributed by atoms with Crippen LogP contribution in [0.1, 0.15) is 43.2 Å². The van der Waals surface area contributed by atoms with Gasteiger partial charge in [0.15, 0.2) is 0 Å². The smallest absolute Gasteiger partial charge is 0.243 e. The van der Waals surface area contributed by atoms with Crippen LogP contribution in [0, 0.1) is 6.92 Å². The average molecular weight is 441 g/mol. The summed E-state index contributed by atoms with van der Waals surface area (Å²) in [7, 11) is -3.77. The van der Waals surface area contributed by atoms with Gasteiger partial charge in [-0.2, -0.15) is 4.31 Å². The molecule has 0 spiro atoms. The highest BCUT2D eigenvalue weighted by molar-refractivity contribution is 7.89. The molecule has 0 heterocycles. The van der Waals surface area contributed by atoms with E-state index in [4.69, 9.17) is 0 Å². The Morgan fingerprint density at radius 3 is 2.42 bits per heavy atom. The second-order valence-electron chi connectivity index (χ2n) is 8.10. The van der Waals surface area contributed by atoms with E-state index >= 15 is 0 Å². The van der Waals surface area contributed by atoms with Gasteiger partial charge in [0.1, 0.15) is 0 Å². The van der Waals surface area contributed by atoms with E-state index in [1.54, 1.807) is 24.3 Å². The zero-order valence-corrected chi connectivity index (χ0v) is 19.0. The van der Waals surface area contributed by atoms with Crippen molar-refractivity contribution >= 4 is 15.9 Å². The number of rotatable bonds is 10. The minimum absolute atomic E-state index is 0.178. The molecule has 166 valence electrons. The van der Waals surface area contributed by atoms with Crippen LogP contribution in [0.5, 0.6) is 0 Å². The van der Waals surface area contributed by atoms with E-state index in [0.717, 1.165) is 30.4 Å². The van der Waals surface area contributed by atoms with Gasteiger partial charge in [0.2, 0.25) is 15.9 Å². The first kappa shape index (κ1) is 23.2. The normalized spacial score (nSPS) is 14.3. The number of nitrogens with zero attached hydrogens (tertiary/aromatic N) is 1. The Morgan fingerprint density at radius 2 is 1.74 bits per heavy atom. The average Bonchev–Trinajstić information content (AvgIpc) is 2.78. The lowest BCUT2D eigenvalue weighted by molar-refractivity contribution is -0.121. The molecule has 0 saturated heterocycles. The fourth-order valence-corrected chi connectivity index (χ4v) is 5.15. The van der Waals surface area contributed by atoms with Gasteiger partial charge in [-0.3, -0.25) is 4.79 Å². The van der Waals surface area contributed by atoms with Crippen molar-refractivity contribution in [2.45, 2.75) is 50.3 Å². The number of aryl methyl sites for hydroxylation is 1. The largest absolute Gasteiger partial charge is 0.355 e. The van der Waals surface area contributed by atoms with Crippen LogP contribution >= 0.6 is 0 Å². The molecule has 2 aromatic carbocycles. The molecule has 0 saturated carbocycles. The van der Waals surface area contributed by atoms with Gasteiger partial charge in [0.05, 0.1) is 11.4 Å². The summed E-state index contributed by atoms with van der Waals surface area (Å²) in [5.74, 6) is -0.264. The Hall–Kier alpha value is -2.44. The highest BCUT2D eigenvalue weighted by atomic mass is 32.2. The lowest BCUT2D eigenvalue weighted by Crippen LogP contribution is -2.42. The third kappa shape index (κ3) is 7.04. The summed E-state index contributed by atoms with van der Waals surface area (Å²) >= 11 is 0. The highest BCUT2D eigenvalue weighted by Crippen LogP contribution is 2.20. The lowest BCUT2D eigenvalue weighted by Gasteiger charge is -2.22. The minimum Gasteiger partial charge on any atom is -0.355 e. The van der Waals surface area contributed by atoms with Crippen LogP contribution in [0.25, 0.3) is 0 Å². The second kappa shape index (κ2) is 11.3. The molecule has 1 amide bonds. The van der Waals surface area contributed by atoms with Crippen molar-refractivity contribution < 1.29 is 13.2 Å². The van der Waals surface area contributed by atoms with E-state index < -0.39 is 10.0 Å². The van der Waals surface area contributed by atoms with Crippen molar-refractivity contribution in [3.8, 4) is 0 Å². The summed E-state index contributed by atoms with van der Waals surface area (Å²) in [5.41, 5.74) is 3.42. The standard InChI is InChI=1S/C25H32N2O3S/c1-21-12-14-24(15-13-21)31(29,30)27(19-17-23-10-6-3-7-11-23)20-25(28)26-18-16-22-8-4-2-5-9-22/h3,6-8,10-15H,2,4-5,9,16-20H2,1H3,(H,26,28). The monoisotopic (exact) mass is 440 g/mol. The van der Waals surface area contributed by atoms with Crippen molar-refractivity contribution in [3.63, 3.8) is 0 Å². The van der Waals surface area contributed by atoms with Crippen molar-refractivity contribution in [1.82, 2.24) is 9.62 Å². The molecule has 6 heteroatoms. The quantitative estimate of drug-likeness (QED) is 0.562. The molecule has 0 aromatic heterocycles. The molecule has 0 fully saturated rings. The Morgan fingerprint density at radius 1 is 1.00 bits per heavy atom. The fraction of sp³-hybridized carbons (Fsp3) is 0.400. The maximum atomic E-state index is 13.3. The fourth-order valence-electron chi connectivity index (χ4n) is 3.75. The molecule has 0 unspecified atom stereocenters. The summed E-state index contributed by atoms with van der Waals surface area (Å²) in [6.07, 6.45) is 8.31. The second-order valence-corrected chi connectivity index (χ2v) is 10.0. The molecule has 2 aromatic rings. The number of benzene rings is 2. The number of amides is 1. The van der Waals surface area contributed by atoms with Gasteiger partial charge in [-0.1, -0.05) is 59.7 Å². The SMILES string of the molecule is Cc1ccc(S(=O)(=O)N(CCc2ccccc2)CC(=O)NCCC2=CCCCC2)cc1. The lowest BCUT2D eigenvalue weighted by atomic mass is 9.97. The van der Waals surface area contributed by atoms with E-state index in [-0.39, 0.29) is 23.9 Å².